The summed E-state index contributed by atoms with van der Waals surface area (Å²) in [5.74, 6) is 0. The van der Waals surface area contributed by atoms with Crippen LogP contribution in [0.4, 0.5) is 0 Å². The fourth-order valence-electron chi connectivity index (χ4n) is 1.00. The molecule has 0 saturated heterocycles. The molecule has 0 amide bonds. The Balaban J connectivity index is 4.03. The first kappa shape index (κ1) is 11.6. The average Bonchev–Trinajstić information content (AvgIpc) is 2.01. The van der Waals surface area contributed by atoms with Crippen molar-refractivity contribution >= 4 is 0 Å². The second-order valence-electron chi connectivity index (χ2n) is 3.12. The minimum Gasteiger partial charge on any atom is -0.394 e. The number of aliphatic hydroxyl groups is 2. The standard InChI is InChI=1S/C9H19NO2/c1-4-5-8(9(12)6-11)10-7(2)3/h4-5,7-12H,6H2,1-3H3/b5-4+/t8-,9+/m0/s1. The van der Waals surface area contributed by atoms with Gasteiger partial charge in [0, 0.05) is 6.04 Å². The fraction of sp³-hybridized carbons (Fsp3) is 0.778. The molecule has 0 fully saturated rings. The van der Waals surface area contributed by atoms with Crippen molar-refractivity contribution in [1.82, 2.24) is 5.32 Å². The molecule has 0 aliphatic carbocycles. The lowest BCUT2D eigenvalue weighted by molar-refractivity contribution is 0.0734. The maximum atomic E-state index is 9.33. The van der Waals surface area contributed by atoms with Gasteiger partial charge in [-0.3, -0.25) is 0 Å². The third kappa shape index (κ3) is 4.49. The van der Waals surface area contributed by atoms with Crippen molar-refractivity contribution in [2.75, 3.05) is 6.61 Å². The Morgan fingerprint density at radius 1 is 1.42 bits per heavy atom. The van der Waals surface area contributed by atoms with E-state index in [-0.39, 0.29) is 12.6 Å². The lowest BCUT2D eigenvalue weighted by Crippen LogP contribution is -2.43. The van der Waals surface area contributed by atoms with Gasteiger partial charge in [0.15, 0.2) is 0 Å². The van der Waals surface area contributed by atoms with Gasteiger partial charge in [-0.25, -0.2) is 0 Å². The predicted octanol–water partition coefficient (Wildman–Crippen LogP) is 0.282. The topological polar surface area (TPSA) is 52.5 Å². The van der Waals surface area contributed by atoms with Gasteiger partial charge in [-0.2, -0.15) is 0 Å². The summed E-state index contributed by atoms with van der Waals surface area (Å²) in [5.41, 5.74) is 0. The van der Waals surface area contributed by atoms with Crippen molar-refractivity contribution in [2.45, 2.75) is 39.0 Å². The highest BCUT2D eigenvalue weighted by Crippen LogP contribution is 1.97. The number of hydrogen-bond donors (Lipinski definition) is 3. The third-order valence-electron chi connectivity index (χ3n) is 1.53. The summed E-state index contributed by atoms with van der Waals surface area (Å²) in [4.78, 5) is 0. The van der Waals surface area contributed by atoms with Crippen molar-refractivity contribution in [3.05, 3.63) is 12.2 Å². The monoisotopic (exact) mass is 173 g/mol. The van der Waals surface area contributed by atoms with Crippen molar-refractivity contribution in [3.63, 3.8) is 0 Å². The van der Waals surface area contributed by atoms with Gasteiger partial charge in [-0.1, -0.05) is 26.0 Å². The van der Waals surface area contributed by atoms with E-state index in [2.05, 4.69) is 5.32 Å². The molecule has 0 aromatic heterocycles. The zero-order valence-corrected chi connectivity index (χ0v) is 7.99. The van der Waals surface area contributed by atoms with Crippen LogP contribution in [0.3, 0.4) is 0 Å². The van der Waals surface area contributed by atoms with Crippen LogP contribution >= 0.6 is 0 Å². The van der Waals surface area contributed by atoms with E-state index in [1.54, 1.807) is 0 Å². The summed E-state index contributed by atoms with van der Waals surface area (Å²) in [6.07, 6.45) is 2.99. The van der Waals surface area contributed by atoms with Crippen LogP contribution in [0.25, 0.3) is 0 Å². The van der Waals surface area contributed by atoms with Gasteiger partial charge in [0.2, 0.25) is 0 Å². The molecular weight excluding hydrogens is 154 g/mol. The number of aliphatic hydroxyl groups excluding tert-OH is 2. The third-order valence-corrected chi connectivity index (χ3v) is 1.53. The Labute approximate surface area is 74.1 Å². The maximum absolute atomic E-state index is 9.33. The Bertz CT molecular complexity index is 134. The molecule has 3 N–H and O–H groups in total. The molecule has 3 nitrogen and oxygen atoms in total. The van der Waals surface area contributed by atoms with Gasteiger partial charge in [-0.05, 0) is 6.92 Å². The van der Waals surface area contributed by atoms with Gasteiger partial charge in [0.1, 0.15) is 0 Å². The van der Waals surface area contributed by atoms with Crippen LogP contribution < -0.4 is 5.32 Å². The van der Waals surface area contributed by atoms with E-state index in [1.165, 1.54) is 0 Å². The van der Waals surface area contributed by atoms with Gasteiger partial charge in [-0.15, -0.1) is 0 Å². The van der Waals surface area contributed by atoms with Gasteiger partial charge in [0.05, 0.1) is 18.8 Å². The SMILES string of the molecule is C/C=C/[C@H](NC(C)C)[C@H](O)CO. The van der Waals surface area contributed by atoms with Crippen LogP contribution in [0.2, 0.25) is 0 Å². The predicted molar refractivity (Wildman–Crippen MR) is 50.0 cm³/mol. The van der Waals surface area contributed by atoms with Gasteiger partial charge < -0.3 is 15.5 Å². The van der Waals surface area contributed by atoms with E-state index < -0.39 is 6.10 Å². The Hall–Kier alpha value is -0.380. The maximum Gasteiger partial charge on any atom is 0.0959 e. The average molecular weight is 173 g/mol. The molecule has 0 heterocycles. The van der Waals surface area contributed by atoms with Crippen LogP contribution in [0.1, 0.15) is 20.8 Å². The first-order valence-corrected chi connectivity index (χ1v) is 4.29. The first-order chi connectivity index (χ1) is 5.61. The van der Waals surface area contributed by atoms with Crippen LogP contribution in [0.15, 0.2) is 12.2 Å². The molecule has 0 radical (unpaired) electrons. The Kier molecular flexibility index (Phi) is 5.98. The summed E-state index contributed by atoms with van der Waals surface area (Å²) < 4.78 is 0. The molecule has 0 aromatic carbocycles. The second kappa shape index (κ2) is 6.17. The van der Waals surface area contributed by atoms with E-state index in [9.17, 15) is 5.11 Å². The van der Waals surface area contributed by atoms with E-state index in [4.69, 9.17) is 5.11 Å². The minimum atomic E-state index is -0.719. The highest BCUT2D eigenvalue weighted by molar-refractivity contribution is 4.95. The molecular formula is C9H19NO2. The summed E-state index contributed by atoms with van der Waals surface area (Å²) in [7, 11) is 0. The van der Waals surface area contributed by atoms with Gasteiger partial charge in [0.25, 0.3) is 0 Å². The molecule has 0 aliphatic heterocycles. The summed E-state index contributed by atoms with van der Waals surface area (Å²) in [6.45, 7) is 5.68. The smallest absolute Gasteiger partial charge is 0.0959 e. The molecule has 0 aromatic rings. The molecule has 72 valence electrons. The van der Waals surface area contributed by atoms with Crippen molar-refractivity contribution in [1.29, 1.82) is 0 Å². The van der Waals surface area contributed by atoms with Gasteiger partial charge >= 0.3 is 0 Å². The van der Waals surface area contributed by atoms with E-state index in [0.717, 1.165) is 0 Å². The second-order valence-corrected chi connectivity index (χ2v) is 3.12. The van der Waals surface area contributed by atoms with Crippen LogP contribution in [0.5, 0.6) is 0 Å². The zero-order chi connectivity index (χ0) is 9.56. The van der Waals surface area contributed by atoms with Crippen molar-refractivity contribution in [2.24, 2.45) is 0 Å². The molecule has 0 unspecified atom stereocenters. The molecule has 0 bridgehead atoms. The van der Waals surface area contributed by atoms with E-state index in [0.29, 0.717) is 6.04 Å². The Morgan fingerprint density at radius 3 is 2.33 bits per heavy atom. The minimum absolute atomic E-state index is 0.153. The molecule has 0 spiro atoms. The van der Waals surface area contributed by atoms with E-state index >= 15 is 0 Å². The number of hydrogen-bond acceptors (Lipinski definition) is 3. The summed E-state index contributed by atoms with van der Waals surface area (Å²) in [6, 6.07) is 0.146. The highest BCUT2D eigenvalue weighted by Gasteiger charge is 2.14. The molecule has 3 heteroatoms. The lowest BCUT2D eigenvalue weighted by atomic mass is 10.1. The number of rotatable bonds is 5. The van der Waals surface area contributed by atoms with Crippen molar-refractivity contribution in [3.8, 4) is 0 Å². The first-order valence-electron chi connectivity index (χ1n) is 4.29. The van der Waals surface area contributed by atoms with E-state index in [1.807, 2.05) is 32.9 Å². The summed E-state index contributed by atoms with van der Waals surface area (Å²) >= 11 is 0. The quantitative estimate of drug-likeness (QED) is 0.523. The molecule has 0 rings (SSSR count). The molecule has 12 heavy (non-hydrogen) atoms. The van der Waals surface area contributed by atoms with Crippen LogP contribution in [0, 0.1) is 0 Å². The molecule has 0 aliphatic rings. The fourth-order valence-corrected chi connectivity index (χ4v) is 1.00. The molecule has 2 atom stereocenters. The molecule has 0 saturated carbocycles. The van der Waals surface area contributed by atoms with Crippen molar-refractivity contribution < 1.29 is 10.2 Å². The summed E-state index contributed by atoms with van der Waals surface area (Å²) in [5, 5.41) is 21.2. The number of nitrogens with one attached hydrogen (secondary N) is 1. The lowest BCUT2D eigenvalue weighted by Gasteiger charge is -2.21. The largest absolute Gasteiger partial charge is 0.394 e. The normalized spacial score (nSPS) is 17.2. The zero-order valence-electron chi connectivity index (χ0n) is 7.99. The highest BCUT2D eigenvalue weighted by atomic mass is 16.3. The Morgan fingerprint density at radius 2 is 2.00 bits per heavy atom. The van der Waals surface area contributed by atoms with Crippen LogP contribution in [-0.4, -0.2) is 35.0 Å². The number of allylic oxidation sites excluding steroid dienone is 1. The van der Waals surface area contributed by atoms with Crippen LogP contribution in [-0.2, 0) is 0 Å².